The van der Waals surface area contributed by atoms with Crippen LogP contribution < -0.4 is 4.74 Å². The smallest absolute Gasteiger partial charge is 0.159 e. The molecular formula is C26H32N4O. The van der Waals surface area contributed by atoms with E-state index in [0.29, 0.717) is 6.04 Å². The molecule has 0 N–H and O–H groups in total. The van der Waals surface area contributed by atoms with Gasteiger partial charge in [-0.1, -0.05) is 42.0 Å². The Balaban J connectivity index is 1.49. The molecule has 0 saturated carbocycles. The van der Waals surface area contributed by atoms with Gasteiger partial charge in [-0.3, -0.25) is 4.90 Å². The van der Waals surface area contributed by atoms with E-state index in [0.717, 1.165) is 48.9 Å². The van der Waals surface area contributed by atoms with Crippen molar-refractivity contribution in [3.63, 3.8) is 0 Å². The number of nitrogens with zero attached hydrogens (tertiary/aromatic N) is 4. The third kappa shape index (κ3) is 5.69. The summed E-state index contributed by atoms with van der Waals surface area (Å²) in [6.07, 6.45) is 6.35. The first kappa shape index (κ1) is 21.5. The van der Waals surface area contributed by atoms with Crippen molar-refractivity contribution in [2.75, 3.05) is 27.2 Å². The van der Waals surface area contributed by atoms with Gasteiger partial charge in [0.2, 0.25) is 0 Å². The highest BCUT2D eigenvalue weighted by molar-refractivity contribution is 5.54. The second-order valence-electron chi connectivity index (χ2n) is 8.57. The first-order valence-corrected chi connectivity index (χ1v) is 11.0. The van der Waals surface area contributed by atoms with Crippen LogP contribution in [0.4, 0.5) is 0 Å². The lowest BCUT2D eigenvalue weighted by Gasteiger charge is -2.37. The summed E-state index contributed by atoms with van der Waals surface area (Å²) in [4.78, 5) is 14.3. The summed E-state index contributed by atoms with van der Waals surface area (Å²) < 4.78 is 5.32. The topological polar surface area (TPSA) is 41.5 Å². The van der Waals surface area contributed by atoms with Crippen LogP contribution in [0.3, 0.4) is 0 Å². The average molecular weight is 417 g/mol. The zero-order valence-electron chi connectivity index (χ0n) is 18.8. The highest BCUT2D eigenvalue weighted by Crippen LogP contribution is 2.22. The van der Waals surface area contributed by atoms with Crippen LogP contribution in [0.5, 0.6) is 5.75 Å². The maximum Gasteiger partial charge on any atom is 0.159 e. The number of benzene rings is 2. The third-order valence-corrected chi connectivity index (χ3v) is 6.15. The summed E-state index contributed by atoms with van der Waals surface area (Å²) in [5, 5.41) is 0. The zero-order chi connectivity index (χ0) is 21.6. The fourth-order valence-electron chi connectivity index (χ4n) is 4.16. The molecule has 1 aromatic heterocycles. The summed E-state index contributed by atoms with van der Waals surface area (Å²) >= 11 is 0. The molecule has 4 rings (SSSR count). The quantitative estimate of drug-likeness (QED) is 0.565. The van der Waals surface area contributed by atoms with Gasteiger partial charge in [0.15, 0.2) is 5.82 Å². The molecule has 0 bridgehead atoms. The third-order valence-electron chi connectivity index (χ3n) is 6.15. The van der Waals surface area contributed by atoms with Gasteiger partial charge in [-0.2, -0.15) is 0 Å². The van der Waals surface area contributed by atoms with Crippen molar-refractivity contribution in [3.8, 4) is 17.1 Å². The number of ether oxygens (including phenoxy) is 1. The van der Waals surface area contributed by atoms with E-state index >= 15 is 0 Å². The number of hydrogen-bond acceptors (Lipinski definition) is 5. The van der Waals surface area contributed by atoms with Crippen LogP contribution >= 0.6 is 0 Å². The summed E-state index contributed by atoms with van der Waals surface area (Å²) in [5.74, 6) is 1.68. The van der Waals surface area contributed by atoms with Crippen molar-refractivity contribution in [2.45, 2.75) is 38.9 Å². The minimum absolute atomic E-state index is 0.565. The van der Waals surface area contributed by atoms with Crippen LogP contribution in [0.15, 0.2) is 60.9 Å². The fourth-order valence-corrected chi connectivity index (χ4v) is 4.16. The summed E-state index contributed by atoms with van der Waals surface area (Å²) in [7, 11) is 3.92. The van der Waals surface area contributed by atoms with E-state index < -0.39 is 0 Å². The Bertz CT molecular complexity index is 946. The molecule has 0 radical (unpaired) electrons. The monoisotopic (exact) mass is 416 g/mol. The van der Waals surface area contributed by atoms with E-state index in [4.69, 9.17) is 4.74 Å². The predicted octanol–water partition coefficient (Wildman–Crippen LogP) is 4.56. The molecule has 0 aliphatic carbocycles. The molecule has 0 spiro atoms. The van der Waals surface area contributed by atoms with Crippen molar-refractivity contribution in [2.24, 2.45) is 0 Å². The van der Waals surface area contributed by atoms with Crippen LogP contribution in [-0.4, -0.2) is 53.1 Å². The Morgan fingerprint density at radius 2 is 1.52 bits per heavy atom. The molecule has 1 fully saturated rings. The molecule has 0 unspecified atom stereocenters. The SMILES string of the molecule is COc1ccc(CN(Cc2cnc(-c3ccc(C)cc3)nc2)C2CCN(C)CC2)cc1. The van der Waals surface area contributed by atoms with Gasteiger partial charge in [0, 0.05) is 42.7 Å². The van der Waals surface area contributed by atoms with Gasteiger partial charge in [-0.05, 0) is 57.6 Å². The van der Waals surface area contributed by atoms with E-state index in [2.05, 4.69) is 70.1 Å². The number of rotatable bonds is 7. The highest BCUT2D eigenvalue weighted by Gasteiger charge is 2.23. The minimum Gasteiger partial charge on any atom is -0.497 e. The summed E-state index contributed by atoms with van der Waals surface area (Å²) in [5.41, 5.74) is 4.76. The number of hydrogen-bond donors (Lipinski definition) is 0. The average Bonchev–Trinajstić information content (AvgIpc) is 2.81. The fraction of sp³-hybridized carbons (Fsp3) is 0.385. The van der Waals surface area contributed by atoms with E-state index in [1.165, 1.54) is 24.0 Å². The van der Waals surface area contributed by atoms with E-state index in [-0.39, 0.29) is 0 Å². The first-order chi connectivity index (χ1) is 15.1. The molecule has 0 atom stereocenters. The van der Waals surface area contributed by atoms with Gasteiger partial charge in [0.05, 0.1) is 7.11 Å². The second-order valence-corrected chi connectivity index (χ2v) is 8.57. The highest BCUT2D eigenvalue weighted by atomic mass is 16.5. The van der Waals surface area contributed by atoms with Gasteiger partial charge in [0.1, 0.15) is 5.75 Å². The number of aromatic nitrogens is 2. The van der Waals surface area contributed by atoms with Crippen molar-refractivity contribution in [1.29, 1.82) is 0 Å². The Morgan fingerprint density at radius 3 is 2.13 bits per heavy atom. The molecule has 5 nitrogen and oxygen atoms in total. The van der Waals surface area contributed by atoms with Crippen LogP contribution in [0, 0.1) is 6.92 Å². The molecule has 31 heavy (non-hydrogen) atoms. The molecule has 1 saturated heterocycles. The van der Waals surface area contributed by atoms with E-state index in [1.807, 2.05) is 24.5 Å². The van der Waals surface area contributed by atoms with Crippen molar-refractivity contribution in [1.82, 2.24) is 19.8 Å². The Morgan fingerprint density at radius 1 is 0.903 bits per heavy atom. The Labute approximate surface area is 185 Å². The molecule has 2 heterocycles. The van der Waals surface area contributed by atoms with Gasteiger partial charge < -0.3 is 9.64 Å². The maximum atomic E-state index is 5.32. The van der Waals surface area contributed by atoms with Gasteiger partial charge in [-0.25, -0.2) is 9.97 Å². The van der Waals surface area contributed by atoms with Crippen molar-refractivity contribution in [3.05, 3.63) is 77.6 Å². The lowest BCUT2D eigenvalue weighted by molar-refractivity contribution is 0.108. The molecule has 0 amide bonds. The maximum absolute atomic E-state index is 5.32. The molecular weight excluding hydrogens is 384 g/mol. The predicted molar refractivity (Wildman–Crippen MR) is 125 cm³/mol. The van der Waals surface area contributed by atoms with E-state index in [9.17, 15) is 0 Å². The summed E-state index contributed by atoms with van der Waals surface area (Å²) in [6.45, 7) is 6.15. The van der Waals surface area contributed by atoms with E-state index in [1.54, 1.807) is 7.11 Å². The number of likely N-dealkylation sites (tertiary alicyclic amines) is 1. The van der Waals surface area contributed by atoms with Crippen LogP contribution in [0.25, 0.3) is 11.4 Å². The molecule has 2 aromatic carbocycles. The first-order valence-electron chi connectivity index (χ1n) is 11.0. The number of piperidine rings is 1. The minimum atomic E-state index is 0.565. The second kappa shape index (κ2) is 10.0. The molecule has 162 valence electrons. The Hall–Kier alpha value is -2.76. The standard InChI is InChI=1S/C26H32N4O/c1-20-4-8-23(9-5-20)26-27-16-22(17-28-26)19-30(24-12-14-29(2)15-13-24)18-21-6-10-25(31-3)11-7-21/h4-11,16-17,24H,12-15,18-19H2,1-3H3. The van der Waals surface area contributed by atoms with Gasteiger partial charge in [-0.15, -0.1) is 0 Å². The molecule has 5 heteroatoms. The largest absolute Gasteiger partial charge is 0.497 e. The molecule has 1 aliphatic rings. The lowest BCUT2D eigenvalue weighted by atomic mass is 10.0. The number of aryl methyl sites for hydroxylation is 1. The van der Waals surface area contributed by atoms with Crippen LogP contribution in [-0.2, 0) is 13.1 Å². The number of methoxy groups -OCH3 is 1. The normalized spacial score (nSPS) is 15.4. The van der Waals surface area contributed by atoms with Gasteiger partial charge in [0.25, 0.3) is 0 Å². The summed E-state index contributed by atoms with van der Waals surface area (Å²) in [6, 6.07) is 17.3. The Kier molecular flexibility index (Phi) is 6.95. The van der Waals surface area contributed by atoms with Gasteiger partial charge >= 0.3 is 0 Å². The molecule has 1 aliphatic heterocycles. The van der Waals surface area contributed by atoms with Crippen molar-refractivity contribution >= 4 is 0 Å². The lowest BCUT2D eigenvalue weighted by Crippen LogP contribution is -2.43. The zero-order valence-corrected chi connectivity index (χ0v) is 18.8. The molecule has 3 aromatic rings. The van der Waals surface area contributed by atoms with Crippen LogP contribution in [0.1, 0.15) is 29.5 Å². The van der Waals surface area contributed by atoms with Crippen molar-refractivity contribution < 1.29 is 4.74 Å². The van der Waals surface area contributed by atoms with Crippen LogP contribution in [0.2, 0.25) is 0 Å².